The second-order valence-electron chi connectivity index (χ2n) is 7.38. The molecular formula is C23H38IO6PSi2. The molecule has 0 amide bonds. The molecule has 0 bridgehead atoms. The zero-order chi connectivity index (χ0) is 23.8. The summed E-state index contributed by atoms with van der Waals surface area (Å²) in [5.74, 6) is 0. The van der Waals surface area contributed by atoms with E-state index in [1.165, 1.54) is 10.6 Å². The van der Waals surface area contributed by atoms with Gasteiger partial charge < -0.3 is 50.5 Å². The first-order valence-electron chi connectivity index (χ1n) is 10.8. The number of hydrogen-bond acceptors (Lipinski definition) is 6. The van der Waals surface area contributed by atoms with Gasteiger partial charge in [0.1, 0.15) is 5.30 Å². The number of hydrogen-bond donors (Lipinski definition) is 0. The Hall–Kier alpha value is -0.206. The summed E-state index contributed by atoms with van der Waals surface area (Å²) in [5.41, 5.74) is 0. The predicted octanol–water partition coefficient (Wildman–Crippen LogP) is -0.741. The number of benzene rings is 2. The molecule has 0 saturated carbocycles. The van der Waals surface area contributed by atoms with E-state index in [-0.39, 0.29) is 24.0 Å². The first kappa shape index (κ1) is 30.8. The summed E-state index contributed by atoms with van der Waals surface area (Å²) in [6, 6.07) is 17.1. The van der Waals surface area contributed by atoms with Gasteiger partial charge in [0.15, 0.2) is 0 Å². The lowest BCUT2D eigenvalue weighted by atomic mass is 10.3. The summed E-state index contributed by atoms with van der Waals surface area (Å²) in [6.45, 7) is 4.51. The molecule has 0 N–H and O–H groups in total. The maximum absolute atomic E-state index is 6.05. The first-order chi connectivity index (χ1) is 15.4. The van der Waals surface area contributed by atoms with Crippen LogP contribution in [0, 0.1) is 0 Å². The van der Waals surface area contributed by atoms with E-state index in [1.807, 2.05) is 6.07 Å². The van der Waals surface area contributed by atoms with Crippen LogP contribution in [0.3, 0.4) is 0 Å². The van der Waals surface area contributed by atoms with E-state index in [1.54, 1.807) is 42.7 Å². The Morgan fingerprint density at radius 3 is 1.61 bits per heavy atom. The highest BCUT2D eigenvalue weighted by molar-refractivity contribution is 7.90. The third-order valence-corrected chi connectivity index (χ3v) is 16.9. The highest BCUT2D eigenvalue weighted by Gasteiger charge is 2.57. The molecule has 2 aromatic rings. The molecule has 0 fully saturated rings. The lowest BCUT2D eigenvalue weighted by Crippen LogP contribution is -3.00. The fraction of sp³-hybridized carbons (Fsp3) is 0.478. The van der Waals surface area contributed by atoms with Crippen LogP contribution in [0.4, 0.5) is 0 Å². The predicted molar refractivity (Wildman–Crippen MR) is 138 cm³/mol. The monoisotopic (exact) mass is 624 g/mol. The van der Waals surface area contributed by atoms with Gasteiger partial charge in [0, 0.05) is 47.8 Å². The van der Waals surface area contributed by atoms with Crippen molar-refractivity contribution < 1.29 is 50.5 Å². The van der Waals surface area contributed by atoms with E-state index >= 15 is 0 Å². The zero-order valence-corrected chi connectivity index (χ0v) is 26.1. The van der Waals surface area contributed by atoms with Gasteiger partial charge in [-0.05, 0) is 31.5 Å². The SMILES string of the molecule is CCC[P+](CC)(c1ccccc1)c1cccc([Si](OC)(OC)OC)c1[Si](OC)(OC)OC.[I-]. The highest BCUT2D eigenvalue weighted by Crippen LogP contribution is 2.56. The molecule has 1 unspecified atom stereocenters. The molecule has 10 heteroatoms. The van der Waals surface area contributed by atoms with Gasteiger partial charge in [-0.15, -0.1) is 0 Å². The van der Waals surface area contributed by atoms with E-state index in [0.717, 1.165) is 29.1 Å². The fourth-order valence-electron chi connectivity index (χ4n) is 4.60. The van der Waals surface area contributed by atoms with Crippen molar-refractivity contribution in [2.75, 3.05) is 55.0 Å². The molecule has 2 aromatic carbocycles. The van der Waals surface area contributed by atoms with E-state index < -0.39 is 24.9 Å². The fourth-order valence-corrected chi connectivity index (χ4v) is 14.7. The molecule has 0 spiro atoms. The van der Waals surface area contributed by atoms with Gasteiger partial charge in [0.05, 0.1) is 30.1 Å². The second kappa shape index (κ2) is 13.8. The normalized spacial score (nSPS) is 13.9. The minimum Gasteiger partial charge on any atom is -1.00 e. The lowest BCUT2D eigenvalue weighted by Gasteiger charge is -2.36. The van der Waals surface area contributed by atoms with Crippen LogP contribution in [0.5, 0.6) is 0 Å². The standard InChI is InChI=1S/C23H38O6PSi2.HI/c1-9-19-30(10-2,20-15-12-11-13-16-20)21-17-14-18-22(31(24-3,25-4)26-5)23(21)32(27-6,28-7)29-8;/h11-18H,9-10,19H2,1-8H3;1H/q+1;/p-1. The van der Waals surface area contributed by atoms with Crippen LogP contribution in [0.1, 0.15) is 20.3 Å². The maximum atomic E-state index is 6.05. The van der Waals surface area contributed by atoms with Crippen molar-refractivity contribution in [3.8, 4) is 0 Å². The molecule has 0 aliphatic rings. The molecule has 186 valence electrons. The largest absolute Gasteiger partial charge is 1.00 e. The van der Waals surface area contributed by atoms with Crippen LogP contribution in [-0.2, 0) is 26.6 Å². The van der Waals surface area contributed by atoms with Gasteiger partial charge in [0.2, 0.25) is 0 Å². The van der Waals surface area contributed by atoms with Crippen molar-refractivity contribution in [1.29, 1.82) is 0 Å². The first-order valence-corrected chi connectivity index (χ1v) is 16.4. The van der Waals surface area contributed by atoms with Gasteiger partial charge in [-0.25, -0.2) is 0 Å². The molecule has 33 heavy (non-hydrogen) atoms. The van der Waals surface area contributed by atoms with Crippen LogP contribution < -0.4 is 45.0 Å². The molecule has 2 rings (SSSR count). The molecule has 0 aliphatic heterocycles. The molecule has 0 radical (unpaired) electrons. The summed E-state index contributed by atoms with van der Waals surface area (Å²) in [7, 11) is 1.42. The van der Waals surface area contributed by atoms with Crippen LogP contribution in [0.2, 0.25) is 0 Å². The quantitative estimate of drug-likeness (QED) is 0.166. The molecule has 0 aliphatic carbocycles. The summed E-state index contributed by atoms with van der Waals surface area (Å²) in [6.07, 6.45) is 3.13. The minimum absolute atomic E-state index is 0. The Balaban J connectivity index is 0.00000544. The van der Waals surface area contributed by atoms with Gasteiger partial charge in [0.25, 0.3) is 0 Å². The molecule has 6 nitrogen and oxygen atoms in total. The van der Waals surface area contributed by atoms with E-state index in [2.05, 4.69) is 56.3 Å². The third-order valence-electron chi connectivity index (χ3n) is 6.15. The Labute approximate surface area is 219 Å². The van der Waals surface area contributed by atoms with Gasteiger partial charge in [-0.1, -0.05) is 37.3 Å². The average Bonchev–Trinajstić information content (AvgIpc) is 2.86. The molecule has 1 atom stereocenters. The van der Waals surface area contributed by atoms with Crippen molar-refractivity contribution in [1.82, 2.24) is 0 Å². The Morgan fingerprint density at radius 2 is 1.18 bits per heavy atom. The Bertz CT molecular complexity index is 836. The van der Waals surface area contributed by atoms with E-state index in [9.17, 15) is 0 Å². The van der Waals surface area contributed by atoms with Crippen molar-refractivity contribution in [3.05, 3.63) is 48.5 Å². The smallest absolute Gasteiger partial charge is 0.540 e. The molecule has 0 aromatic heterocycles. The lowest BCUT2D eigenvalue weighted by molar-refractivity contribution is -0.0000138. The Kier molecular flexibility index (Phi) is 12.9. The number of rotatable bonds is 13. The highest BCUT2D eigenvalue weighted by atomic mass is 127. The maximum Gasteiger partial charge on any atom is 0.540 e. The van der Waals surface area contributed by atoms with Gasteiger partial charge in [-0.2, -0.15) is 0 Å². The summed E-state index contributed by atoms with van der Waals surface area (Å²) >= 11 is 0. The van der Waals surface area contributed by atoms with Crippen LogP contribution in [0.25, 0.3) is 0 Å². The van der Waals surface area contributed by atoms with Gasteiger partial charge in [-0.3, -0.25) is 0 Å². The van der Waals surface area contributed by atoms with Crippen molar-refractivity contribution >= 4 is 45.9 Å². The van der Waals surface area contributed by atoms with Gasteiger partial charge >= 0.3 is 17.6 Å². The average molecular weight is 625 g/mol. The van der Waals surface area contributed by atoms with Crippen molar-refractivity contribution in [3.63, 3.8) is 0 Å². The summed E-state index contributed by atoms with van der Waals surface area (Å²) < 4.78 is 35.9. The summed E-state index contributed by atoms with van der Waals surface area (Å²) in [5, 5.41) is 4.32. The van der Waals surface area contributed by atoms with Crippen LogP contribution in [-0.4, -0.2) is 72.6 Å². The van der Waals surface area contributed by atoms with E-state index in [0.29, 0.717) is 0 Å². The van der Waals surface area contributed by atoms with Crippen LogP contribution in [0.15, 0.2) is 48.5 Å². The topological polar surface area (TPSA) is 55.4 Å². The Morgan fingerprint density at radius 1 is 0.667 bits per heavy atom. The minimum atomic E-state index is -3.31. The molecule has 0 heterocycles. The number of halogens is 1. The molecular weight excluding hydrogens is 586 g/mol. The van der Waals surface area contributed by atoms with Crippen LogP contribution >= 0.6 is 7.26 Å². The zero-order valence-electron chi connectivity index (χ0n) is 21.0. The summed E-state index contributed by atoms with van der Waals surface area (Å²) in [4.78, 5) is 0. The van der Waals surface area contributed by atoms with Crippen molar-refractivity contribution in [2.24, 2.45) is 0 Å². The third kappa shape index (κ3) is 5.63. The van der Waals surface area contributed by atoms with E-state index in [4.69, 9.17) is 26.6 Å². The van der Waals surface area contributed by atoms with Crippen molar-refractivity contribution in [2.45, 2.75) is 20.3 Å². The second-order valence-corrected chi connectivity index (χ2v) is 17.1. The molecule has 0 saturated heterocycles.